The van der Waals surface area contributed by atoms with Gasteiger partial charge in [-0.05, 0) is 39.9 Å². The van der Waals surface area contributed by atoms with Crippen LogP contribution in [0.2, 0.25) is 0 Å². The van der Waals surface area contributed by atoms with E-state index in [-0.39, 0.29) is 12.2 Å². The highest BCUT2D eigenvalue weighted by Crippen LogP contribution is 2.30. The van der Waals surface area contributed by atoms with Crippen LogP contribution in [-0.4, -0.2) is 72.4 Å². The molecule has 5 heteroatoms. The van der Waals surface area contributed by atoms with Gasteiger partial charge in [0.05, 0.1) is 5.60 Å². The SMILES string of the molecule is CN1CCC(N2CC(C)(OCC(=O)O)C2)CC1. The molecule has 2 saturated heterocycles. The zero-order valence-corrected chi connectivity index (χ0v) is 10.7. The van der Waals surface area contributed by atoms with E-state index < -0.39 is 5.97 Å². The van der Waals surface area contributed by atoms with Gasteiger partial charge in [0.25, 0.3) is 0 Å². The molecule has 0 aliphatic carbocycles. The quantitative estimate of drug-likeness (QED) is 0.766. The standard InChI is InChI=1S/C12H22N2O3/c1-12(17-7-11(15)16)8-14(9-12)10-3-5-13(2)6-4-10/h10H,3-9H2,1-2H3,(H,15,16). The first-order valence-electron chi connectivity index (χ1n) is 6.27. The predicted molar refractivity (Wildman–Crippen MR) is 64.1 cm³/mol. The maximum absolute atomic E-state index is 10.5. The molecule has 0 spiro atoms. The smallest absolute Gasteiger partial charge is 0.329 e. The molecule has 5 nitrogen and oxygen atoms in total. The first kappa shape index (κ1) is 12.8. The predicted octanol–water partition coefficient (Wildman–Crippen LogP) is 0.256. The number of piperidine rings is 1. The molecule has 2 rings (SSSR count). The highest BCUT2D eigenvalue weighted by Gasteiger charge is 2.43. The summed E-state index contributed by atoms with van der Waals surface area (Å²) >= 11 is 0. The zero-order chi connectivity index (χ0) is 12.5. The van der Waals surface area contributed by atoms with Crippen LogP contribution in [0.4, 0.5) is 0 Å². The molecule has 0 radical (unpaired) electrons. The molecule has 0 amide bonds. The fourth-order valence-corrected chi connectivity index (χ4v) is 2.76. The van der Waals surface area contributed by atoms with Gasteiger partial charge in [0.2, 0.25) is 0 Å². The largest absolute Gasteiger partial charge is 0.480 e. The van der Waals surface area contributed by atoms with Crippen LogP contribution in [-0.2, 0) is 9.53 Å². The topological polar surface area (TPSA) is 53.0 Å². The highest BCUT2D eigenvalue weighted by molar-refractivity contribution is 5.68. The van der Waals surface area contributed by atoms with E-state index in [2.05, 4.69) is 16.8 Å². The lowest BCUT2D eigenvalue weighted by Crippen LogP contribution is -2.65. The number of rotatable bonds is 4. The van der Waals surface area contributed by atoms with E-state index in [1.54, 1.807) is 0 Å². The second kappa shape index (κ2) is 4.92. The normalized spacial score (nSPS) is 26.7. The molecule has 0 atom stereocenters. The monoisotopic (exact) mass is 242 g/mol. The third-order valence-electron chi connectivity index (χ3n) is 3.82. The van der Waals surface area contributed by atoms with E-state index in [4.69, 9.17) is 9.84 Å². The number of carbonyl (C=O) groups is 1. The molecule has 0 aromatic rings. The summed E-state index contributed by atoms with van der Waals surface area (Å²) in [6.07, 6.45) is 2.43. The molecule has 0 aromatic carbocycles. The summed E-state index contributed by atoms with van der Waals surface area (Å²) in [4.78, 5) is 15.2. The molecule has 98 valence electrons. The first-order valence-corrected chi connectivity index (χ1v) is 6.27. The van der Waals surface area contributed by atoms with Crippen molar-refractivity contribution in [3.63, 3.8) is 0 Å². The third kappa shape index (κ3) is 3.18. The van der Waals surface area contributed by atoms with Gasteiger partial charge < -0.3 is 14.7 Å². The Morgan fingerprint density at radius 1 is 1.41 bits per heavy atom. The van der Waals surface area contributed by atoms with Gasteiger partial charge in [0, 0.05) is 19.1 Å². The van der Waals surface area contributed by atoms with Crippen LogP contribution < -0.4 is 0 Å². The number of hydrogen-bond acceptors (Lipinski definition) is 4. The van der Waals surface area contributed by atoms with E-state index in [1.165, 1.54) is 12.8 Å². The molecular weight excluding hydrogens is 220 g/mol. The van der Waals surface area contributed by atoms with Gasteiger partial charge in [-0.15, -0.1) is 0 Å². The van der Waals surface area contributed by atoms with Crippen molar-refractivity contribution in [1.29, 1.82) is 0 Å². The maximum Gasteiger partial charge on any atom is 0.329 e. The average Bonchev–Trinajstić information content (AvgIpc) is 2.24. The van der Waals surface area contributed by atoms with Gasteiger partial charge in [-0.2, -0.15) is 0 Å². The summed E-state index contributed by atoms with van der Waals surface area (Å²) in [5.41, 5.74) is -0.248. The van der Waals surface area contributed by atoms with Crippen molar-refractivity contribution >= 4 is 5.97 Å². The number of likely N-dealkylation sites (tertiary alicyclic amines) is 2. The van der Waals surface area contributed by atoms with Crippen LogP contribution in [0.25, 0.3) is 0 Å². The molecule has 2 heterocycles. The Labute approximate surface area is 102 Å². The summed E-state index contributed by atoms with van der Waals surface area (Å²) < 4.78 is 5.42. The molecule has 2 aliphatic heterocycles. The molecule has 0 aromatic heterocycles. The van der Waals surface area contributed by atoms with Crippen LogP contribution in [0.15, 0.2) is 0 Å². The Morgan fingerprint density at radius 2 is 2.00 bits per heavy atom. The first-order chi connectivity index (χ1) is 7.98. The Morgan fingerprint density at radius 3 is 2.53 bits per heavy atom. The summed E-state index contributed by atoms with van der Waals surface area (Å²) in [7, 11) is 2.16. The molecular formula is C12H22N2O3. The van der Waals surface area contributed by atoms with Crippen molar-refractivity contribution in [3.05, 3.63) is 0 Å². The third-order valence-corrected chi connectivity index (χ3v) is 3.82. The minimum Gasteiger partial charge on any atom is -0.480 e. The second-order valence-corrected chi connectivity index (χ2v) is 5.57. The van der Waals surface area contributed by atoms with Crippen LogP contribution in [0.1, 0.15) is 19.8 Å². The van der Waals surface area contributed by atoms with Crippen molar-refractivity contribution in [1.82, 2.24) is 9.80 Å². The summed E-state index contributed by atoms with van der Waals surface area (Å²) in [6, 6.07) is 0.660. The Balaban J connectivity index is 1.72. The lowest BCUT2D eigenvalue weighted by Gasteiger charge is -2.52. The van der Waals surface area contributed by atoms with Gasteiger partial charge in [-0.1, -0.05) is 0 Å². The molecule has 0 saturated carbocycles. The molecule has 2 aliphatic rings. The Bertz CT molecular complexity index is 281. The van der Waals surface area contributed by atoms with E-state index in [1.807, 2.05) is 6.92 Å². The van der Waals surface area contributed by atoms with E-state index in [0.29, 0.717) is 6.04 Å². The lowest BCUT2D eigenvalue weighted by atomic mass is 9.91. The van der Waals surface area contributed by atoms with Gasteiger partial charge >= 0.3 is 5.97 Å². The Kier molecular flexibility index (Phi) is 3.70. The van der Waals surface area contributed by atoms with Crippen LogP contribution >= 0.6 is 0 Å². The van der Waals surface area contributed by atoms with Gasteiger partial charge in [0.1, 0.15) is 6.61 Å². The number of carboxylic acids is 1. The maximum atomic E-state index is 10.5. The van der Waals surface area contributed by atoms with Crippen LogP contribution in [0.3, 0.4) is 0 Å². The number of nitrogens with zero attached hydrogens (tertiary/aromatic N) is 2. The minimum absolute atomic E-state index is 0.183. The van der Waals surface area contributed by atoms with Crippen molar-refractivity contribution in [2.24, 2.45) is 0 Å². The highest BCUT2D eigenvalue weighted by atomic mass is 16.5. The second-order valence-electron chi connectivity index (χ2n) is 5.57. The molecule has 2 fully saturated rings. The summed E-state index contributed by atoms with van der Waals surface area (Å²) in [6.45, 7) is 5.88. The number of ether oxygens (including phenoxy) is 1. The van der Waals surface area contributed by atoms with Crippen molar-refractivity contribution in [2.45, 2.75) is 31.4 Å². The van der Waals surface area contributed by atoms with Gasteiger partial charge in [-0.3, -0.25) is 4.90 Å². The molecule has 1 N–H and O–H groups in total. The van der Waals surface area contributed by atoms with Crippen LogP contribution in [0, 0.1) is 0 Å². The lowest BCUT2D eigenvalue weighted by molar-refractivity contribution is -0.171. The fraction of sp³-hybridized carbons (Fsp3) is 0.917. The fourth-order valence-electron chi connectivity index (χ4n) is 2.76. The van der Waals surface area contributed by atoms with E-state index in [9.17, 15) is 4.79 Å². The summed E-state index contributed by atoms with van der Waals surface area (Å²) in [5, 5.41) is 8.60. The van der Waals surface area contributed by atoms with E-state index in [0.717, 1.165) is 26.2 Å². The molecule has 17 heavy (non-hydrogen) atoms. The van der Waals surface area contributed by atoms with Crippen molar-refractivity contribution < 1.29 is 14.6 Å². The van der Waals surface area contributed by atoms with Crippen LogP contribution in [0.5, 0.6) is 0 Å². The number of carboxylic acid groups (broad SMARTS) is 1. The Hall–Kier alpha value is -0.650. The average molecular weight is 242 g/mol. The van der Waals surface area contributed by atoms with E-state index >= 15 is 0 Å². The van der Waals surface area contributed by atoms with Gasteiger partial charge in [-0.25, -0.2) is 4.79 Å². The number of aliphatic carboxylic acids is 1. The minimum atomic E-state index is -0.885. The number of hydrogen-bond donors (Lipinski definition) is 1. The summed E-state index contributed by atoms with van der Waals surface area (Å²) in [5.74, 6) is -0.885. The van der Waals surface area contributed by atoms with Gasteiger partial charge in [0.15, 0.2) is 0 Å². The van der Waals surface area contributed by atoms with Crippen molar-refractivity contribution in [2.75, 3.05) is 39.8 Å². The van der Waals surface area contributed by atoms with Crippen molar-refractivity contribution in [3.8, 4) is 0 Å². The zero-order valence-electron chi connectivity index (χ0n) is 10.7. The molecule has 0 unspecified atom stereocenters. The molecule has 0 bridgehead atoms.